The first-order valence-corrected chi connectivity index (χ1v) is 4.70. The molecule has 8 nitrogen and oxygen atoms in total. The number of nitrogen functional groups attached to an aromatic ring is 1. The second-order valence-corrected chi connectivity index (χ2v) is 3.17. The van der Waals surface area contributed by atoms with E-state index < -0.39 is 5.97 Å². The molecule has 0 fully saturated rings. The highest BCUT2D eigenvalue weighted by Crippen LogP contribution is 2.16. The zero-order valence-electron chi connectivity index (χ0n) is 8.95. The molecule has 2 aromatic rings. The molecule has 0 aliphatic rings. The van der Waals surface area contributed by atoms with Crippen LogP contribution in [0.5, 0.6) is 0 Å². The van der Waals surface area contributed by atoms with Gasteiger partial charge >= 0.3 is 5.97 Å². The largest absolute Gasteiger partial charge is 0.477 e. The maximum Gasteiger partial charge on any atom is 0.341 e. The van der Waals surface area contributed by atoms with Gasteiger partial charge in [-0.15, -0.1) is 0 Å². The molecule has 88 valence electrons. The molecule has 0 saturated heterocycles. The van der Waals surface area contributed by atoms with Gasteiger partial charge in [0.1, 0.15) is 23.5 Å². The fourth-order valence-electron chi connectivity index (χ4n) is 1.30. The molecule has 2 heterocycles. The van der Waals surface area contributed by atoms with Gasteiger partial charge in [-0.2, -0.15) is 9.78 Å². The van der Waals surface area contributed by atoms with E-state index in [1.807, 2.05) is 0 Å². The summed E-state index contributed by atoms with van der Waals surface area (Å²) in [5, 5.41) is 15.6. The van der Waals surface area contributed by atoms with Crippen LogP contribution in [0.25, 0.3) is 5.82 Å². The molecule has 17 heavy (non-hydrogen) atoms. The summed E-state index contributed by atoms with van der Waals surface area (Å²) in [5.41, 5.74) is 5.61. The second kappa shape index (κ2) is 4.08. The van der Waals surface area contributed by atoms with Crippen molar-refractivity contribution in [2.75, 3.05) is 18.1 Å². The molecule has 0 unspecified atom stereocenters. The number of hydrogen-bond donors (Lipinski definition) is 3. The molecule has 2 aromatic heterocycles. The predicted molar refractivity (Wildman–Crippen MR) is 60.1 cm³/mol. The number of hydrogen-bond acceptors (Lipinski definition) is 6. The fraction of sp³-hybridized carbons (Fsp3) is 0.111. The Hall–Kier alpha value is -2.64. The molecule has 0 saturated carbocycles. The highest BCUT2D eigenvalue weighted by atomic mass is 16.4. The standard InChI is InChI=1S/C9H10N6O2/c1-11-6-2-7(13-4-12-6)15-8(10)5(3-14-15)9(16)17/h2-4H,10H2,1H3,(H,16,17)(H,11,12,13). The monoisotopic (exact) mass is 234 g/mol. The Morgan fingerprint density at radius 1 is 1.53 bits per heavy atom. The zero-order valence-corrected chi connectivity index (χ0v) is 8.95. The molecular weight excluding hydrogens is 224 g/mol. The quantitative estimate of drug-likeness (QED) is 0.682. The third-order valence-corrected chi connectivity index (χ3v) is 2.16. The molecule has 0 aromatic carbocycles. The molecule has 0 aliphatic heterocycles. The first kappa shape index (κ1) is 10.9. The molecule has 2 rings (SSSR count). The number of carbonyl (C=O) groups is 1. The van der Waals surface area contributed by atoms with Crippen molar-refractivity contribution in [1.29, 1.82) is 0 Å². The lowest BCUT2D eigenvalue weighted by atomic mass is 10.3. The number of nitrogens with two attached hydrogens (primary N) is 1. The normalized spacial score (nSPS) is 10.2. The van der Waals surface area contributed by atoms with Gasteiger partial charge in [0.15, 0.2) is 5.82 Å². The molecule has 0 spiro atoms. The zero-order chi connectivity index (χ0) is 12.4. The van der Waals surface area contributed by atoms with Gasteiger partial charge in [0.05, 0.1) is 6.20 Å². The van der Waals surface area contributed by atoms with Gasteiger partial charge in [-0.3, -0.25) is 0 Å². The molecule has 0 atom stereocenters. The number of carboxylic acids is 1. The Bertz CT molecular complexity index is 564. The molecule has 0 bridgehead atoms. The summed E-state index contributed by atoms with van der Waals surface area (Å²) in [6, 6.07) is 1.61. The van der Waals surface area contributed by atoms with Gasteiger partial charge in [0.25, 0.3) is 0 Å². The third-order valence-electron chi connectivity index (χ3n) is 2.16. The SMILES string of the molecule is CNc1cc(-n2ncc(C(=O)O)c2N)ncn1. The average molecular weight is 234 g/mol. The number of rotatable bonds is 3. The maximum atomic E-state index is 10.8. The average Bonchev–Trinajstić information content (AvgIpc) is 2.71. The van der Waals surface area contributed by atoms with Crippen molar-refractivity contribution in [1.82, 2.24) is 19.7 Å². The highest BCUT2D eigenvalue weighted by molar-refractivity contribution is 5.92. The van der Waals surface area contributed by atoms with Crippen LogP contribution < -0.4 is 11.1 Å². The summed E-state index contributed by atoms with van der Waals surface area (Å²) in [5.74, 6) is -0.119. The summed E-state index contributed by atoms with van der Waals surface area (Å²) < 4.78 is 1.24. The highest BCUT2D eigenvalue weighted by Gasteiger charge is 2.15. The number of nitrogens with zero attached hydrogens (tertiary/aromatic N) is 4. The van der Waals surface area contributed by atoms with Gasteiger partial charge in [0, 0.05) is 13.1 Å². The van der Waals surface area contributed by atoms with Crippen LogP contribution in [0.4, 0.5) is 11.6 Å². The Balaban J connectivity index is 2.49. The van der Waals surface area contributed by atoms with E-state index in [1.165, 1.54) is 17.2 Å². The van der Waals surface area contributed by atoms with Crippen molar-refractivity contribution >= 4 is 17.6 Å². The van der Waals surface area contributed by atoms with Crippen molar-refractivity contribution in [2.24, 2.45) is 0 Å². The lowest BCUT2D eigenvalue weighted by Gasteiger charge is -2.04. The van der Waals surface area contributed by atoms with Crippen LogP contribution in [0.2, 0.25) is 0 Å². The topological polar surface area (TPSA) is 119 Å². The summed E-state index contributed by atoms with van der Waals surface area (Å²) >= 11 is 0. The second-order valence-electron chi connectivity index (χ2n) is 3.17. The van der Waals surface area contributed by atoms with Crippen LogP contribution >= 0.6 is 0 Å². The number of anilines is 2. The van der Waals surface area contributed by atoms with Crippen molar-refractivity contribution in [3.05, 3.63) is 24.2 Å². The summed E-state index contributed by atoms with van der Waals surface area (Å²) in [4.78, 5) is 18.7. The van der Waals surface area contributed by atoms with E-state index in [0.29, 0.717) is 11.6 Å². The predicted octanol–water partition coefficient (Wildman–Crippen LogP) is -0.0156. The molecule has 8 heteroatoms. The Morgan fingerprint density at radius 2 is 2.29 bits per heavy atom. The van der Waals surface area contributed by atoms with Crippen LogP contribution in [-0.2, 0) is 0 Å². The van der Waals surface area contributed by atoms with Gasteiger partial charge in [-0.25, -0.2) is 14.8 Å². The van der Waals surface area contributed by atoms with Crippen LogP contribution in [0.15, 0.2) is 18.6 Å². The third kappa shape index (κ3) is 1.87. The van der Waals surface area contributed by atoms with E-state index in [1.54, 1.807) is 13.1 Å². The van der Waals surface area contributed by atoms with E-state index in [2.05, 4.69) is 20.4 Å². The van der Waals surface area contributed by atoms with Crippen molar-refractivity contribution in [3.8, 4) is 5.82 Å². The van der Waals surface area contributed by atoms with Gasteiger partial charge in [-0.05, 0) is 0 Å². The first-order valence-electron chi connectivity index (χ1n) is 4.70. The molecule has 0 radical (unpaired) electrons. The van der Waals surface area contributed by atoms with Crippen LogP contribution in [0, 0.1) is 0 Å². The van der Waals surface area contributed by atoms with Crippen molar-refractivity contribution in [3.63, 3.8) is 0 Å². The lowest BCUT2D eigenvalue weighted by Crippen LogP contribution is -2.08. The van der Waals surface area contributed by atoms with Crippen molar-refractivity contribution in [2.45, 2.75) is 0 Å². The molecular formula is C9H10N6O2. The Labute approximate surface area is 96.1 Å². The minimum absolute atomic E-state index is 0.0262. The minimum atomic E-state index is -1.13. The first-order chi connectivity index (χ1) is 8.13. The van der Waals surface area contributed by atoms with Gasteiger partial charge < -0.3 is 16.2 Å². The number of aromatic nitrogens is 4. The molecule has 0 aliphatic carbocycles. The summed E-state index contributed by atoms with van der Waals surface area (Å²) in [7, 11) is 1.71. The summed E-state index contributed by atoms with van der Waals surface area (Å²) in [6.45, 7) is 0. The Morgan fingerprint density at radius 3 is 2.88 bits per heavy atom. The summed E-state index contributed by atoms with van der Waals surface area (Å²) in [6.07, 6.45) is 2.52. The minimum Gasteiger partial charge on any atom is -0.477 e. The van der Waals surface area contributed by atoms with E-state index in [9.17, 15) is 4.79 Å². The number of aromatic carboxylic acids is 1. The number of nitrogens with one attached hydrogen (secondary N) is 1. The van der Waals surface area contributed by atoms with E-state index >= 15 is 0 Å². The fourth-order valence-corrected chi connectivity index (χ4v) is 1.30. The smallest absolute Gasteiger partial charge is 0.341 e. The van der Waals surface area contributed by atoms with Crippen LogP contribution in [-0.4, -0.2) is 37.9 Å². The Kier molecular flexibility index (Phi) is 2.61. The van der Waals surface area contributed by atoms with Crippen molar-refractivity contribution < 1.29 is 9.90 Å². The maximum absolute atomic E-state index is 10.8. The molecule has 4 N–H and O–H groups in total. The number of carboxylic acid groups (broad SMARTS) is 1. The van der Waals surface area contributed by atoms with Crippen LogP contribution in [0.3, 0.4) is 0 Å². The van der Waals surface area contributed by atoms with E-state index in [4.69, 9.17) is 10.8 Å². The molecule has 0 amide bonds. The van der Waals surface area contributed by atoms with Gasteiger partial charge in [0.2, 0.25) is 0 Å². The van der Waals surface area contributed by atoms with E-state index in [-0.39, 0.29) is 11.4 Å². The van der Waals surface area contributed by atoms with Crippen LogP contribution in [0.1, 0.15) is 10.4 Å². The lowest BCUT2D eigenvalue weighted by molar-refractivity contribution is 0.0698. The van der Waals surface area contributed by atoms with E-state index in [0.717, 1.165) is 0 Å². The van der Waals surface area contributed by atoms with Gasteiger partial charge in [-0.1, -0.05) is 0 Å².